The predicted molar refractivity (Wildman–Crippen MR) is 117 cm³/mol. The van der Waals surface area contributed by atoms with Crippen LogP contribution in [0.5, 0.6) is 5.75 Å². The van der Waals surface area contributed by atoms with Gasteiger partial charge in [0.25, 0.3) is 5.91 Å². The minimum atomic E-state index is -0.167. The van der Waals surface area contributed by atoms with Crippen LogP contribution in [0.2, 0.25) is 0 Å². The van der Waals surface area contributed by atoms with Gasteiger partial charge < -0.3 is 15.0 Å². The van der Waals surface area contributed by atoms with Crippen molar-refractivity contribution in [2.45, 2.75) is 25.8 Å². The number of hydrogen-bond acceptors (Lipinski definition) is 5. The van der Waals surface area contributed by atoms with E-state index >= 15 is 0 Å². The molecular formula is C24H26N4O2. The minimum absolute atomic E-state index is 0.167. The summed E-state index contributed by atoms with van der Waals surface area (Å²) in [6, 6.07) is 18.0. The van der Waals surface area contributed by atoms with Crippen molar-refractivity contribution in [3.63, 3.8) is 0 Å². The number of rotatable bonds is 6. The van der Waals surface area contributed by atoms with E-state index in [0.29, 0.717) is 17.8 Å². The summed E-state index contributed by atoms with van der Waals surface area (Å²) in [6.07, 6.45) is 2.67. The maximum atomic E-state index is 12.6. The summed E-state index contributed by atoms with van der Waals surface area (Å²) in [7, 11) is 1.63. The van der Waals surface area contributed by atoms with Gasteiger partial charge in [0.1, 0.15) is 11.6 Å². The molecule has 1 aliphatic heterocycles. The zero-order valence-electron chi connectivity index (χ0n) is 17.3. The fourth-order valence-corrected chi connectivity index (χ4v) is 3.81. The molecule has 3 aromatic rings. The maximum absolute atomic E-state index is 12.6. The maximum Gasteiger partial charge on any atom is 0.254 e. The number of anilines is 1. The molecule has 4 rings (SSSR count). The van der Waals surface area contributed by atoms with Gasteiger partial charge in [-0.2, -0.15) is 0 Å². The summed E-state index contributed by atoms with van der Waals surface area (Å²) in [5, 5.41) is 2.94. The van der Waals surface area contributed by atoms with Crippen molar-refractivity contribution in [3.05, 3.63) is 83.4 Å². The molecule has 1 N–H and O–H groups in total. The average molecular weight is 402 g/mol. The molecule has 1 amide bonds. The highest BCUT2D eigenvalue weighted by Gasteiger charge is 2.27. The predicted octanol–water partition coefficient (Wildman–Crippen LogP) is 3.72. The number of hydrogen-bond donors (Lipinski definition) is 1. The van der Waals surface area contributed by atoms with E-state index in [2.05, 4.69) is 44.5 Å². The Morgan fingerprint density at radius 2 is 2.03 bits per heavy atom. The Morgan fingerprint density at radius 1 is 1.20 bits per heavy atom. The van der Waals surface area contributed by atoms with Gasteiger partial charge in [0, 0.05) is 37.4 Å². The van der Waals surface area contributed by atoms with Gasteiger partial charge >= 0.3 is 0 Å². The number of aryl methyl sites for hydroxylation is 1. The molecule has 1 aromatic heterocycles. The van der Waals surface area contributed by atoms with E-state index < -0.39 is 0 Å². The number of aromatic nitrogens is 2. The summed E-state index contributed by atoms with van der Waals surface area (Å²) in [5.41, 5.74) is 3.43. The second-order valence-corrected chi connectivity index (χ2v) is 7.53. The van der Waals surface area contributed by atoms with Gasteiger partial charge in [-0.1, -0.05) is 30.3 Å². The summed E-state index contributed by atoms with van der Waals surface area (Å²) in [4.78, 5) is 24.2. The van der Waals surface area contributed by atoms with E-state index in [0.717, 1.165) is 36.6 Å². The molecule has 0 bridgehead atoms. The molecule has 6 nitrogen and oxygen atoms in total. The van der Waals surface area contributed by atoms with E-state index in [1.807, 2.05) is 37.3 Å². The average Bonchev–Trinajstić information content (AvgIpc) is 3.28. The van der Waals surface area contributed by atoms with Crippen LogP contribution in [0.1, 0.15) is 39.8 Å². The van der Waals surface area contributed by atoms with Crippen LogP contribution in [0.3, 0.4) is 0 Å². The number of benzene rings is 2. The van der Waals surface area contributed by atoms with Gasteiger partial charge in [0.15, 0.2) is 0 Å². The molecule has 0 radical (unpaired) electrons. The number of amides is 1. The molecule has 0 aliphatic carbocycles. The fraction of sp³-hybridized carbons (Fsp3) is 0.292. The van der Waals surface area contributed by atoms with Crippen molar-refractivity contribution in [1.29, 1.82) is 0 Å². The smallest absolute Gasteiger partial charge is 0.254 e. The largest absolute Gasteiger partial charge is 0.497 e. The first-order chi connectivity index (χ1) is 14.6. The Labute approximate surface area is 176 Å². The van der Waals surface area contributed by atoms with Gasteiger partial charge in [-0.05, 0) is 43.2 Å². The molecule has 1 aliphatic rings. The molecule has 2 heterocycles. The molecule has 0 spiro atoms. The lowest BCUT2D eigenvalue weighted by Crippen LogP contribution is -2.25. The van der Waals surface area contributed by atoms with Crippen LogP contribution in [0.4, 0.5) is 5.69 Å². The van der Waals surface area contributed by atoms with Crippen molar-refractivity contribution < 1.29 is 9.53 Å². The summed E-state index contributed by atoms with van der Waals surface area (Å²) in [6.45, 7) is 4.17. The highest BCUT2D eigenvalue weighted by atomic mass is 16.5. The van der Waals surface area contributed by atoms with Crippen LogP contribution in [0.15, 0.2) is 60.8 Å². The topological polar surface area (TPSA) is 67.3 Å². The number of ether oxygens (including phenoxy) is 1. The minimum Gasteiger partial charge on any atom is -0.497 e. The summed E-state index contributed by atoms with van der Waals surface area (Å²) < 4.78 is 5.23. The zero-order chi connectivity index (χ0) is 20.9. The zero-order valence-corrected chi connectivity index (χ0v) is 17.3. The monoisotopic (exact) mass is 402 g/mol. The summed E-state index contributed by atoms with van der Waals surface area (Å²) >= 11 is 0. The molecule has 0 unspecified atom stereocenters. The Balaban J connectivity index is 1.40. The quantitative estimate of drug-likeness (QED) is 0.681. The highest BCUT2D eigenvalue weighted by molar-refractivity contribution is 5.94. The van der Waals surface area contributed by atoms with Gasteiger partial charge in [0.2, 0.25) is 0 Å². The van der Waals surface area contributed by atoms with Crippen molar-refractivity contribution >= 4 is 11.6 Å². The van der Waals surface area contributed by atoms with Gasteiger partial charge in [-0.25, -0.2) is 9.97 Å². The van der Waals surface area contributed by atoms with E-state index in [-0.39, 0.29) is 11.8 Å². The molecular weight excluding hydrogens is 376 g/mol. The lowest BCUT2D eigenvalue weighted by atomic mass is 10.1. The molecule has 0 saturated carbocycles. The van der Waals surface area contributed by atoms with Crippen LogP contribution < -0.4 is 15.0 Å². The van der Waals surface area contributed by atoms with Crippen molar-refractivity contribution in [3.8, 4) is 5.75 Å². The Kier molecular flexibility index (Phi) is 5.93. The van der Waals surface area contributed by atoms with Gasteiger partial charge in [-0.3, -0.25) is 4.79 Å². The van der Waals surface area contributed by atoms with Crippen molar-refractivity contribution in [1.82, 2.24) is 15.3 Å². The molecule has 2 aromatic carbocycles. The second kappa shape index (κ2) is 8.95. The molecule has 154 valence electrons. The standard InChI is InChI=1S/C24H26N4O2/c1-17-22(24(29)26-14-18-7-6-10-21(13-18)30-2)15-25-23(27-17)19-11-12-28(16-19)20-8-4-3-5-9-20/h3-10,13,15,19H,11-12,14,16H2,1-2H3,(H,26,29)/t19-/m1/s1. The van der Waals surface area contributed by atoms with E-state index in [9.17, 15) is 4.79 Å². The number of nitrogens with zero attached hydrogens (tertiary/aromatic N) is 3. The van der Waals surface area contributed by atoms with Crippen LogP contribution in [-0.2, 0) is 6.54 Å². The Morgan fingerprint density at radius 3 is 2.80 bits per heavy atom. The lowest BCUT2D eigenvalue weighted by Gasteiger charge is -2.18. The molecule has 1 saturated heterocycles. The third-order valence-corrected chi connectivity index (χ3v) is 5.50. The van der Waals surface area contributed by atoms with Gasteiger partial charge in [-0.15, -0.1) is 0 Å². The second-order valence-electron chi connectivity index (χ2n) is 7.53. The fourth-order valence-electron chi connectivity index (χ4n) is 3.81. The van der Waals surface area contributed by atoms with Gasteiger partial charge in [0.05, 0.1) is 18.4 Å². The summed E-state index contributed by atoms with van der Waals surface area (Å²) in [5.74, 6) is 1.69. The number of para-hydroxylation sites is 1. The van der Waals surface area contributed by atoms with Crippen LogP contribution in [0.25, 0.3) is 0 Å². The van der Waals surface area contributed by atoms with Crippen molar-refractivity contribution in [2.24, 2.45) is 0 Å². The van der Waals surface area contributed by atoms with Crippen LogP contribution in [-0.4, -0.2) is 36.1 Å². The van der Waals surface area contributed by atoms with Crippen molar-refractivity contribution in [2.75, 3.05) is 25.1 Å². The lowest BCUT2D eigenvalue weighted by molar-refractivity contribution is 0.0949. The molecule has 1 fully saturated rings. The van der Waals surface area contributed by atoms with E-state index in [4.69, 9.17) is 4.74 Å². The third kappa shape index (κ3) is 4.43. The number of carbonyl (C=O) groups is 1. The first kappa shape index (κ1) is 19.9. The first-order valence-electron chi connectivity index (χ1n) is 10.2. The Bertz CT molecular complexity index is 1020. The van der Waals surface area contributed by atoms with Crippen LogP contribution in [0, 0.1) is 6.92 Å². The Hall–Kier alpha value is -3.41. The number of nitrogens with one attached hydrogen (secondary N) is 1. The SMILES string of the molecule is COc1cccc(CNC(=O)c2cnc([C@@H]3CCN(c4ccccc4)C3)nc2C)c1. The highest BCUT2D eigenvalue weighted by Crippen LogP contribution is 2.29. The number of methoxy groups -OCH3 is 1. The molecule has 6 heteroatoms. The number of carbonyl (C=O) groups excluding carboxylic acids is 1. The normalized spacial score (nSPS) is 15.8. The van der Waals surface area contributed by atoms with Crippen LogP contribution >= 0.6 is 0 Å². The van der Waals surface area contributed by atoms with E-state index in [1.165, 1.54) is 5.69 Å². The first-order valence-corrected chi connectivity index (χ1v) is 10.2. The molecule has 1 atom stereocenters. The molecule has 30 heavy (non-hydrogen) atoms. The third-order valence-electron chi connectivity index (χ3n) is 5.50. The van der Waals surface area contributed by atoms with E-state index in [1.54, 1.807) is 13.3 Å².